The number of halogens is 1. The zero-order valence-electron chi connectivity index (χ0n) is 16.7. The van der Waals surface area contributed by atoms with E-state index in [1.807, 2.05) is 31.2 Å². The van der Waals surface area contributed by atoms with Gasteiger partial charge in [-0.3, -0.25) is 9.10 Å². The molecule has 28 heavy (non-hydrogen) atoms. The molecule has 0 unspecified atom stereocenters. The Balaban J connectivity index is 2.20. The second-order valence-electron chi connectivity index (χ2n) is 6.96. The Morgan fingerprint density at radius 3 is 2.36 bits per heavy atom. The zero-order chi connectivity index (χ0) is 20.9. The average Bonchev–Trinajstić information content (AvgIpc) is 2.63. The molecule has 0 aliphatic carbocycles. The van der Waals surface area contributed by atoms with Gasteiger partial charge >= 0.3 is 0 Å². The van der Waals surface area contributed by atoms with E-state index in [2.05, 4.69) is 12.2 Å². The van der Waals surface area contributed by atoms with Crippen LogP contribution in [0.5, 0.6) is 0 Å². The van der Waals surface area contributed by atoms with Crippen LogP contribution in [0.3, 0.4) is 0 Å². The molecule has 0 spiro atoms. The zero-order valence-corrected chi connectivity index (χ0v) is 18.3. The van der Waals surface area contributed by atoms with Crippen LogP contribution >= 0.6 is 11.6 Å². The van der Waals surface area contributed by atoms with E-state index in [0.717, 1.165) is 35.4 Å². The first-order chi connectivity index (χ1) is 13.1. The minimum Gasteiger partial charge on any atom is -0.324 e. The van der Waals surface area contributed by atoms with E-state index in [1.165, 1.54) is 5.56 Å². The molecule has 1 atom stereocenters. The third kappa shape index (κ3) is 5.72. The predicted molar refractivity (Wildman–Crippen MR) is 117 cm³/mol. The summed E-state index contributed by atoms with van der Waals surface area (Å²) in [6.45, 7) is 5.53. The van der Waals surface area contributed by atoms with Crippen LogP contribution in [0.4, 0.5) is 11.4 Å². The quantitative estimate of drug-likeness (QED) is 0.665. The molecule has 0 heterocycles. The molecule has 0 radical (unpaired) electrons. The number of benzene rings is 2. The summed E-state index contributed by atoms with van der Waals surface area (Å²) in [5.74, 6) is -0.413. The lowest BCUT2D eigenvalue weighted by molar-refractivity contribution is -0.116. The van der Waals surface area contributed by atoms with Gasteiger partial charge in [-0.25, -0.2) is 8.42 Å². The molecule has 2 rings (SSSR count). The van der Waals surface area contributed by atoms with Gasteiger partial charge in [-0.1, -0.05) is 43.1 Å². The lowest BCUT2D eigenvalue weighted by atomic mass is 10.1. The van der Waals surface area contributed by atoms with Crippen molar-refractivity contribution in [3.05, 3.63) is 58.6 Å². The minimum absolute atomic E-state index is 0.357. The number of sulfonamides is 1. The first kappa shape index (κ1) is 22.2. The Hall–Kier alpha value is -2.05. The van der Waals surface area contributed by atoms with Crippen molar-refractivity contribution in [2.24, 2.45) is 0 Å². The van der Waals surface area contributed by atoms with Gasteiger partial charge in [-0.05, 0) is 62.1 Å². The van der Waals surface area contributed by atoms with Gasteiger partial charge in [-0.15, -0.1) is 0 Å². The lowest BCUT2D eigenvalue weighted by Gasteiger charge is -2.28. The number of nitrogens with one attached hydrogen (secondary N) is 1. The summed E-state index contributed by atoms with van der Waals surface area (Å²) >= 11 is 6.15. The molecule has 0 saturated carbocycles. The minimum atomic E-state index is -3.69. The summed E-state index contributed by atoms with van der Waals surface area (Å²) in [5.41, 5.74) is 3.03. The van der Waals surface area contributed by atoms with Crippen molar-refractivity contribution < 1.29 is 13.2 Å². The fourth-order valence-corrected chi connectivity index (χ4v) is 4.25. The highest BCUT2D eigenvalue weighted by Gasteiger charge is 2.29. The Morgan fingerprint density at radius 1 is 1.18 bits per heavy atom. The summed E-state index contributed by atoms with van der Waals surface area (Å²) in [6, 6.07) is 11.6. The van der Waals surface area contributed by atoms with Crippen LogP contribution in [-0.4, -0.2) is 26.6 Å². The van der Waals surface area contributed by atoms with Gasteiger partial charge in [0.1, 0.15) is 6.04 Å². The van der Waals surface area contributed by atoms with Crippen molar-refractivity contribution in [3.63, 3.8) is 0 Å². The lowest BCUT2D eigenvalue weighted by Crippen LogP contribution is -2.45. The van der Waals surface area contributed by atoms with Crippen molar-refractivity contribution in [1.29, 1.82) is 0 Å². The van der Waals surface area contributed by atoms with E-state index in [9.17, 15) is 13.2 Å². The molecule has 7 heteroatoms. The normalized spacial score (nSPS) is 12.5. The van der Waals surface area contributed by atoms with Crippen LogP contribution in [0.25, 0.3) is 0 Å². The van der Waals surface area contributed by atoms with Gasteiger partial charge < -0.3 is 5.32 Å². The van der Waals surface area contributed by atoms with Crippen LogP contribution in [0.15, 0.2) is 42.5 Å². The molecule has 0 aliphatic rings. The summed E-state index contributed by atoms with van der Waals surface area (Å²) < 4.78 is 25.8. The first-order valence-electron chi connectivity index (χ1n) is 9.29. The molecule has 2 aromatic carbocycles. The van der Waals surface area contributed by atoms with Crippen molar-refractivity contribution in [1.82, 2.24) is 0 Å². The smallest absolute Gasteiger partial charge is 0.247 e. The topological polar surface area (TPSA) is 66.5 Å². The average molecular weight is 423 g/mol. The predicted octanol–water partition coefficient (Wildman–Crippen LogP) is 4.78. The maximum Gasteiger partial charge on any atom is 0.247 e. The van der Waals surface area contributed by atoms with Crippen LogP contribution in [0.1, 0.15) is 37.8 Å². The molecule has 2 aromatic rings. The van der Waals surface area contributed by atoms with Gasteiger partial charge in [0.25, 0.3) is 0 Å². The Bertz CT molecular complexity index is 927. The summed E-state index contributed by atoms with van der Waals surface area (Å²) in [4.78, 5) is 12.7. The monoisotopic (exact) mass is 422 g/mol. The van der Waals surface area contributed by atoms with Crippen LogP contribution in [0.2, 0.25) is 5.02 Å². The van der Waals surface area contributed by atoms with E-state index in [1.54, 1.807) is 25.1 Å². The highest BCUT2D eigenvalue weighted by Crippen LogP contribution is 2.27. The van der Waals surface area contributed by atoms with Gasteiger partial charge in [-0.2, -0.15) is 0 Å². The first-order valence-corrected chi connectivity index (χ1v) is 11.5. The SMILES string of the molecule is CCCCc1ccc(NC(=O)[C@@H](C)N(c2ccc(C)c(Cl)c2)S(C)(=O)=O)cc1. The molecular formula is C21H27ClN2O3S. The number of hydrogen-bond acceptors (Lipinski definition) is 3. The second kappa shape index (κ2) is 9.43. The molecule has 1 amide bonds. The fourth-order valence-electron chi connectivity index (χ4n) is 2.91. The van der Waals surface area contributed by atoms with Crippen LogP contribution in [0, 0.1) is 6.92 Å². The number of amides is 1. The number of carbonyl (C=O) groups is 1. The third-order valence-electron chi connectivity index (χ3n) is 4.54. The highest BCUT2D eigenvalue weighted by atomic mass is 35.5. The molecule has 0 fully saturated rings. The Labute approximate surface area is 172 Å². The van der Waals surface area contributed by atoms with E-state index in [4.69, 9.17) is 11.6 Å². The Morgan fingerprint density at radius 2 is 1.82 bits per heavy atom. The summed E-state index contributed by atoms with van der Waals surface area (Å²) in [7, 11) is -3.69. The van der Waals surface area contributed by atoms with Gasteiger partial charge in [0.05, 0.1) is 11.9 Å². The summed E-state index contributed by atoms with van der Waals surface area (Å²) in [5, 5.41) is 3.24. The molecular weight excluding hydrogens is 396 g/mol. The number of hydrogen-bond donors (Lipinski definition) is 1. The second-order valence-corrected chi connectivity index (χ2v) is 9.22. The van der Waals surface area contributed by atoms with Crippen molar-refractivity contribution in [2.45, 2.75) is 46.1 Å². The molecule has 0 saturated heterocycles. The largest absolute Gasteiger partial charge is 0.324 e. The van der Waals surface area contributed by atoms with E-state index < -0.39 is 22.0 Å². The standard InChI is InChI=1S/C21H27ClN2O3S/c1-5-6-7-17-9-11-18(12-10-17)23-21(25)16(3)24(28(4,26)27)19-13-8-15(2)20(22)14-19/h8-14,16H,5-7H2,1-4H3,(H,23,25)/t16-/m1/s1. The molecule has 5 nitrogen and oxygen atoms in total. The van der Waals surface area contributed by atoms with E-state index >= 15 is 0 Å². The molecule has 0 aliphatic heterocycles. The maximum absolute atomic E-state index is 12.7. The molecule has 0 bridgehead atoms. The van der Waals surface area contributed by atoms with Crippen LogP contribution in [-0.2, 0) is 21.2 Å². The van der Waals surface area contributed by atoms with Gasteiger partial charge in [0.2, 0.25) is 15.9 Å². The number of nitrogens with zero attached hydrogens (tertiary/aromatic N) is 1. The van der Waals surface area contributed by atoms with Crippen molar-refractivity contribution >= 4 is 38.9 Å². The molecule has 0 aromatic heterocycles. The number of anilines is 2. The third-order valence-corrected chi connectivity index (χ3v) is 6.19. The summed E-state index contributed by atoms with van der Waals surface area (Å²) in [6.07, 6.45) is 4.32. The fraction of sp³-hybridized carbons (Fsp3) is 0.381. The van der Waals surface area contributed by atoms with Gasteiger partial charge in [0.15, 0.2) is 0 Å². The number of unbranched alkanes of at least 4 members (excludes halogenated alkanes) is 1. The van der Waals surface area contributed by atoms with Gasteiger partial charge in [0, 0.05) is 10.7 Å². The van der Waals surface area contributed by atoms with Crippen molar-refractivity contribution in [2.75, 3.05) is 15.9 Å². The number of carbonyl (C=O) groups excluding carboxylic acids is 1. The maximum atomic E-state index is 12.7. The molecule has 152 valence electrons. The number of aryl methyl sites for hydroxylation is 2. The highest BCUT2D eigenvalue weighted by molar-refractivity contribution is 7.92. The molecule has 1 N–H and O–H groups in total. The van der Waals surface area contributed by atoms with Crippen molar-refractivity contribution in [3.8, 4) is 0 Å². The Kier molecular flexibility index (Phi) is 7.49. The number of rotatable bonds is 8. The van der Waals surface area contributed by atoms with E-state index in [0.29, 0.717) is 16.4 Å². The van der Waals surface area contributed by atoms with E-state index in [-0.39, 0.29) is 0 Å². The van der Waals surface area contributed by atoms with Crippen LogP contribution < -0.4 is 9.62 Å².